The topological polar surface area (TPSA) is 104 Å². The van der Waals surface area contributed by atoms with Gasteiger partial charge in [0.25, 0.3) is 0 Å². The molecular weight excluding hydrogens is 270 g/mol. The van der Waals surface area contributed by atoms with Gasteiger partial charge >= 0.3 is 12.0 Å². The maximum atomic E-state index is 11.5. The predicted octanol–water partition coefficient (Wildman–Crippen LogP) is 1.68. The number of aliphatic carboxylic acids is 1. The summed E-state index contributed by atoms with van der Waals surface area (Å²) in [7, 11) is 0. The standard InChI is InChI=1S/C11H11N3O4S/c15-9(16)4-7-6-19-11(13-7)14-10(17)12-5-8-2-1-3-18-8/h1-3,6H,4-5H2,(H,15,16)(H2,12,13,14,17). The third-order valence-electron chi connectivity index (χ3n) is 2.11. The summed E-state index contributed by atoms with van der Waals surface area (Å²) in [5.74, 6) is -0.319. The Bertz CT molecular complexity index is 564. The second-order valence-electron chi connectivity index (χ2n) is 3.60. The number of carboxylic acid groups (broad SMARTS) is 1. The predicted molar refractivity (Wildman–Crippen MR) is 68.0 cm³/mol. The fourth-order valence-electron chi connectivity index (χ4n) is 1.32. The van der Waals surface area contributed by atoms with Crippen molar-refractivity contribution >= 4 is 28.5 Å². The van der Waals surface area contributed by atoms with Crippen LogP contribution in [0.3, 0.4) is 0 Å². The molecule has 7 nitrogen and oxygen atoms in total. The molecule has 2 heterocycles. The largest absolute Gasteiger partial charge is 0.481 e. The summed E-state index contributed by atoms with van der Waals surface area (Å²) in [6.45, 7) is 0.270. The van der Waals surface area contributed by atoms with Crippen LogP contribution in [0.5, 0.6) is 0 Å². The Hall–Kier alpha value is -2.35. The molecule has 0 bridgehead atoms. The SMILES string of the molecule is O=C(O)Cc1csc(NC(=O)NCc2ccco2)n1. The van der Waals surface area contributed by atoms with Gasteiger partial charge in [0.1, 0.15) is 5.76 Å². The summed E-state index contributed by atoms with van der Waals surface area (Å²) in [5.41, 5.74) is 0.416. The summed E-state index contributed by atoms with van der Waals surface area (Å²) >= 11 is 1.17. The Kier molecular flexibility index (Phi) is 4.14. The zero-order chi connectivity index (χ0) is 13.7. The molecule has 0 saturated carbocycles. The molecule has 2 rings (SSSR count). The highest BCUT2D eigenvalue weighted by atomic mass is 32.1. The molecule has 0 aliphatic heterocycles. The molecule has 3 N–H and O–H groups in total. The van der Waals surface area contributed by atoms with Crippen LogP contribution >= 0.6 is 11.3 Å². The number of hydrogen-bond acceptors (Lipinski definition) is 5. The van der Waals surface area contributed by atoms with Crippen LogP contribution < -0.4 is 10.6 Å². The zero-order valence-corrected chi connectivity index (χ0v) is 10.6. The summed E-state index contributed by atoms with van der Waals surface area (Å²) < 4.78 is 5.06. The number of aromatic nitrogens is 1. The Balaban J connectivity index is 1.81. The maximum absolute atomic E-state index is 11.5. The fourth-order valence-corrected chi connectivity index (χ4v) is 2.03. The average Bonchev–Trinajstić information content (AvgIpc) is 2.97. The molecule has 0 fully saturated rings. The lowest BCUT2D eigenvalue weighted by atomic mass is 10.3. The summed E-state index contributed by atoms with van der Waals surface area (Å²) in [4.78, 5) is 26.0. The van der Waals surface area contributed by atoms with Gasteiger partial charge in [0.15, 0.2) is 5.13 Å². The van der Waals surface area contributed by atoms with Gasteiger partial charge in [0, 0.05) is 5.38 Å². The zero-order valence-electron chi connectivity index (χ0n) is 9.75. The molecule has 0 aromatic carbocycles. The molecule has 0 aliphatic rings. The second-order valence-corrected chi connectivity index (χ2v) is 4.46. The number of rotatable bonds is 5. The molecule has 19 heavy (non-hydrogen) atoms. The van der Waals surface area contributed by atoms with Gasteiger partial charge in [-0.3, -0.25) is 10.1 Å². The summed E-state index contributed by atoms with van der Waals surface area (Å²) in [6.07, 6.45) is 1.36. The minimum atomic E-state index is -0.959. The van der Waals surface area contributed by atoms with E-state index in [1.165, 1.54) is 17.6 Å². The van der Waals surface area contributed by atoms with Crippen LogP contribution in [0.15, 0.2) is 28.2 Å². The number of carboxylic acids is 1. The molecule has 2 aromatic heterocycles. The lowest BCUT2D eigenvalue weighted by molar-refractivity contribution is -0.136. The molecule has 0 aliphatic carbocycles. The first-order chi connectivity index (χ1) is 9.13. The lowest BCUT2D eigenvalue weighted by Gasteiger charge is -2.02. The molecule has 8 heteroatoms. The van der Waals surface area contributed by atoms with E-state index in [1.54, 1.807) is 17.5 Å². The van der Waals surface area contributed by atoms with Gasteiger partial charge < -0.3 is 14.8 Å². The first-order valence-electron chi connectivity index (χ1n) is 5.37. The molecule has 0 atom stereocenters. The highest BCUT2D eigenvalue weighted by Crippen LogP contribution is 2.15. The van der Waals surface area contributed by atoms with E-state index in [9.17, 15) is 9.59 Å². The van der Waals surface area contributed by atoms with Crippen LogP contribution in [0, 0.1) is 0 Å². The quantitative estimate of drug-likeness (QED) is 0.773. The van der Waals surface area contributed by atoms with E-state index in [2.05, 4.69) is 15.6 Å². The number of anilines is 1. The van der Waals surface area contributed by atoms with E-state index < -0.39 is 12.0 Å². The molecule has 2 aromatic rings. The Morgan fingerprint density at radius 3 is 3.00 bits per heavy atom. The van der Waals surface area contributed by atoms with Crippen LogP contribution in [0.1, 0.15) is 11.5 Å². The van der Waals surface area contributed by atoms with Gasteiger partial charge in [-0.1, -0.05) is 0 Å². The minimum Gasteiger partial charge on any atom is -0.481 e. The highest BCUT2D eigenvalue weighted by Gasteiger charge is 2.09. The number of nitrogens with one attached hydrogen (secondary N) is 2. The third-order valence-corrected chi connectivity index (χ3v) is 2.91. The van der Waals surface area contributed by atoms with Crippen molar-refractivity contribution in [2.45, 2.75) is 13.0 Å². The Morgan fingerprint density at radius 2 is 2.32 bits per heavy atom. The smallest absolute Gasteiger partial charge is 0.321 e. The molecule has 0 unspecified atom stereocenters. The first kappa shape index (κ1) is 13.1. The van der Waals surface area contributed by atoms with Crippen molar-refractivity contribution in [1.29, 1.82) is 0 Å². The summed E-state index contributed by atoms with van der Waals surface area (Å²) in [6, 6.07) is 3.05. The number of nitrogens with zero attached hydrogens (tertiary/aromatic N) is 1. The molecular formula is C11H11N3O4S. The fraction of sp³-hybridized carbons (Fsp3) is 0.182. The van der Waals surface area contributed by atoms with Crippen molar-refractivity contribution in [3.05, 3.63) is 35.2 Å². The van der Waals surface area contributed by atoms with Crippen molar-refractivity contribution in [1.82, 2.24) is 10.3 Å². The number of carbonyl (C=O) groups excluding carboxylic acids is 1. The van der Waals surface area contributed by atoms with Crippen molar-refractivity contribution in [3.8, 4) is 0 Å². The maximum Gasteiger partial charge on any atom is 0.321 e. The van der Waals surface area contributed by atoms with Gasteiger partial charge in [-0.05, 0) is 12.1 Å². The van der Waals surface area contributed by atoms with Crippen LogP contribution in [-0.2, 0) is 17.8 Å². The molecule has 0 saturated heterocycles. The van der Waals surface area contributed by atoms with Crippen LogP contribution in [0.2, 0.25) is 0 Å². The monoisotopic (exact) mass is 281 g/mol. The van der Waals surface area contributed by atoms with Crippen LogP contribution in [0.25, 0.3) is 0 Å². The van der Waals surface area contributed by atoms with E-state index in [1.807, 2.05) is 0 Å². The van der Waals surface area contributed by atoms with Crippen molar-refractivity contribution in [3.63, 3.8) is 0 Å². The van der Waals surface area contributed by atoms with Gasteiger partial charge in [-0.15, -0.1) is 11.3 Å². The average molecular weight is 281 g/mol. The van der Waals surface area contributed by atoms with Crippen LogP contribution in [0.4, 0.5) is 9.93 Å². The number of urea groups is 1. The molecule has 0 spiro atoms. The number of carbonyl (C=O) groups is 2. The van der Waals surface area contributed by atoms with E-state index in [0.717, 1.165) is 0 Å². The van der Waals surface area contributed by atoms with Crippen molar-refractivity contribution < 1.29 is 19.1 Å². The normalized spacial score (nSPS) is 10.1. The summed E-state index contributed by atoms with van der Waals surface area (Å²) in [5, 5.41) is 15.7. The third kappa shape index (κ3) is 4.11. The molecule has 0 radical (unpaired) electrons. The Labute approximate surface area is 112 Å². The van der Waals surface area contributed by atoms with E-state index in [4.69, 9.17) is 9.52 Å². The second kappa shape index (κ2) is 6.01. The van der Waals surface area contributed by atoms with Crippen LogP contribution in [-0.4, -0.2) is 22.1 Å². The van der Waals surface area contributed by atoms with Gasteiger partial charge in [0.05, 0.1) is 24.9 Å². The van der Waals surface area contributed by atoms with Crippen molar-refractivity contribution in [2.75, 3.05) is 5.32 Å². The van der Waals surface area contributed by atoms with Crippen molar-refractivity contribution in [2.24, 2.45) is 0 Å². The van der Waals surface area contributed by atoms with Gasteiger partial charge in [-0.2, -0.15) is 0 Å². The van der Waals surface area contributed by atoms with E-state index in [-0.39, 0.29) is 13.0 Å². The van der Waals surface area contributed by atoms with Gasteiger partial charge in [-0.25, -0.2) is 9.78 Å². The molecule has 2 amide bonds. The molecule has 100 valence electrons. The number of hydrogen-bond donors (Lipinski definition) is 3. The Morgan fingerprint density at radius 1 is 1.47 bits per heavy atom. The first-order valence-corrected chi connectivity index (χ1v) is 6.25. The number of amides is 2. The van der Waals surface area contributed by atoms with Gasteiger partial charge in [0.2, 0.25) is 0 Å². The number of thiazole rings is 1. The van der Waals surface area contributed by atoms with E-state index in [0.29, 0.717) is 16.6 Å². The highest BCUT2D eigenvalue weighted by molar-refractivity contribution is 7.13. The number of furan rings is 1. The lowest BCUT2D eigenvalue weighted by Crippen LogP contribution is -2.27. The van der Waals surface area contributed by atoms with E-state index >= 15 is 0 Å². The minimum absolute atomic E-state index is 0.161.